The first-order valence-corrected chi connectivity index (χ1v) is 49.1. The molecule has 2 aromatic rings. The summed E-state index contributed by atoms with van der Waals surface area (Å²) in [6, 6.07) is 10.2. The third kappa shape index (κ3) is 32.0. The molecule has 14 atom stereocenters. The molecular formula is C95H140F2N12O26S. The standard InChI is InChI=1S/C95H140F2N12O26S/c1-6-17-85-134-79-58-68-69-57-71(96)70-56-67(110)30-33-92(70,4)94(69,97)77(111)59-93(68,5)95(79,135-85)78(112)60-105-88(118)73(23-16-35-104-91(99)121)107-90(120)87(63(2)3)108-89(119)74(22-14-15-34-101-83(116)62-133-76-25-9-7-8-21-72(86(76)98)100-36-41-127-45-49-131-53-51-129-47-43-125-39-31-81(114)103-38-55-136(122,123)124)106-82(115)32-40-126-44-48-130-52-54-132-50-46-128-42-37-102-80(113)28-29-84(117)109-61-66-20-11-10-18-64(66)26-27-65-19-12-13-24-75(65)109/h10-13,18-20,24,30,33,56,63,68-69,71,73-74,76-77,79,85,87,100,111H,6-9,14-17,21-23,25,28-29,31-32,34-55,57-62,98H2,1-5H3,(H,101,116)(H,102,113)(H,103,114)(H,105,118)(H,106,115)(H,107,120)(H,108,119)(H3,99,104,121)(H,122,123,124)/b86-72-/t68-,69-,71-,73-,74+,76?,77-,79+,85?,87-,92-,93-,94-,95+/m0/s1. The highest BCUT2D eigenvalue weighted by atomic mass is 32.2. The zero-order valence-corrected chi connectivity index (χ0v) is 79.6. The predicted octanol–water partition coefficient (Wildman–Crippen LogP) is 3.60. The van der Waals surface area contributed by atoms with Gasteiger partial charge in [0.2, 0.25) is 47.3 Å². The van der Waals surface area contributed by atoms with Crippen molar-refractivity contribution in [2.24, 2.45) is 40.1 Å². The number of hydrogen-bond acceptors (Lipinski definition) is 27. The maximum atomic E-state index is 18.3. The lowest BCUT2D eigenvalue weighted by molar-refractivity contribution is -0.234. The number of nitrogens with one attached hydrogen (secondary N) is 9. The van der Waals surface area contributed by atoms with Crippen LogP contribution in [0.2, 0.25) is 0 Å². The summed E-state index contributed by atoms with van der Waals surface area (Å²) >= 11 is 0. The molecule has 7 aliphatic rings. The van der Waals surface area contributed by atoms with Gasteiger partial charge in [-0.05, 0) is 137 Å². The Kier molecular flexibility index (Phi) is 44.8. The number of rotatable bonds is 61. The summed E-state index contributed by atoms with van der Waals surface area (Å²) in [5.41, 5.74) is 9.00. The summed E-state index contributed by atoms with van der Waals surface area (Å²) in [4.78, 5) is 151. The molecule has 756 valence electrons. The van der Waals surface area contributed by atoms with Crippen LogP contribution >= 0.6 is 0 Å². The van der Waals surface area contributed by atoms with Crippen LogP contribution in [0.1, 0.15) is 173 Å². The van der Waals surface area contributed by atoms with Gasteiger partial charge in [0.25, 0.3) is 10.1 Å². The van der Waals surface area contributed by atoms with Gasteiger partial charge in [-0.1, -0.05) is 95.2 Å². The zero-order valence-electron chi connectivity index (χ0n) is 78.8. The van der Waals surface area contributed by atoms with Gasteiger partial charge in [0.05, 0.1) is 154 Å². The third-order valence-corrected chi connectivity index (χ3v) is 26.5. The minimum atomic E-state index is -4.16. The van der Waals surface area contributed by atoms with Crippen molar-refractivity contribution in [3.63, 3.8) is 0 Å². The quantitative estimate of drug-likeness (QED) is 0.0256. The van der Waals surface area contributed by atoms with Gasteiger partial charge in [-0.3, -0.25) is 52.5 Å². The summed E-state index contributed by atoms with van der Waals surface area (Å²) in [6.45, 7) is 11.8. The Labute approximate surface area is 794 Å². The highest BCUT2D eigenvalue weighted by molar-refractivity contribution is 7.85. The Morgan fingerprint density at radius 3 is 1.89 bits per heavy atom. The number of unbranched alkanes of at least 4 members (excludes halogenated alkanes) is 1. The molecule has 2 heterocycles. The number of anilines is 1. The van der Waals surface area contributed by atoms with E-state index in [-0.39, 0.29) is 187 Å². The molecule has 38 nitrogen and oxygen atoms in total. The number of halogens is 2. The fourth-order valence-corrected chi connectivity index (χ4v) is 19.1. The number of benzene rings is 2. The molecule has 0 aromatic heterocycles. The number of para-hydroxylation sites is 1. The Morgan fingerprint density at radius 1 is 0.640 bits per heavy atom. The number of ketones is 2. The Balaban J connectivity index is 0.731. The molecule has 15 N–H and O–H groups in total. The number of carbonyl (C=O) groups excluding carboxylic acids is 11. The number of nitrogens with zero attached hydrogens (tertiary/aromatic N) is 1. The van der Waals surface area contributed by atoms with Crippen molar-refractivity contribution < 1.29 is 132 Å². The molecule has 0 bridgehead atoms. The first kappa shape index (κ1) is 110. The van der Waals surface area contributed by atoms with E-state index in [0.29, 0.717) is 89.6 Å². The number of fused-ring (bicyclic) bond motifs is 9. The SMILES string of the molecule is CCCC1O[C@@H]2C[C@H]3[C@@H]4C[C@H](F)C5=CC(=O)C=C[C@]5(C)[C@@]4(F)[C@@H](O)C[C@]3(C)[C@]2(C(=O)CNC(=O)[C@H](CCCNC(N)=O)NC(=O)[C@@H](NC(=O)[C@@H](CCCCNC(=O)COC2CCCCC/C(NCCOCCOCCOCCOCCC(=O)NCCS(=O)(=O)O)=C\2N)NC(=O)CCOCCOCCOCCOCCNC(=O)CCC(=O)N2Cc3ccccc3C#Cc3ccccc32)C(C)C)O1. The number of aliphatic hydroxyl groups excluding tert-OH is 1. The van der Waals surface area contributed by atoms with E-state index in [1.165, 1.54) is 19.1 Å². The fraction of sp³-hybridized carbons (Fsp3) is 0.674. The van der Waals surface area contributed by atoms with Crippen LogP contribution in [0.15, 0.2) is 83.7 Å². The molecule has 41 heteroatoms. The number of amides is 10. The van der Waals surface area contributed by atoms with Crippen LogP contribution in [-0.2, 0) is 117 Å². The minimum absolute atomic E-state index is 0.000284. The predicted molar refractivity (Wildman–Crippen MR) is 493 cm³/mol. The summed E-state index contributed by atoms with van der Waals surface area (Å²) in [5.74, 6) is -2.37. The second kappa shape index (κ2) is 55.3. The molecule has 4 fully saturated rings. The van der Waals surface area contributed by atoms with Crippen LogP contribution in [0, 0.1) is 40.4 Å². The van der Waals surface area contributed by atoms with Crippen LogP contribution in [0.5, 0.6) is 0 Å². The average molecular weight is 1940 g/mol. The second-order valence-electron chi connectivity index (χ2n) is 35.7. The Bertz CT molecular complexity index is 4620. The summed E-state index contributed by atoms with van der Waals surface area (Å²) in [5, 5.41) is 37.1. The molecule has 9 rings (SSSR count). The van der Waals surface area contributed by atoms with E-state index in [2.05, 4.69) is 59.7 Å². The fourth-order valence-electron chi connectivity index (χ4n) is 18.7. The lowest BCUT2D eigenvalue weighted by Gasteiger charge is -2.63. The molecule has 0 spiro atoms. The van der Waals surface area contributed by atoms with Crippen molar-refractivity contribution in [2.45, 2.75) is 223 Å². The molecule has 3 saturated carbocycles. The molecule has 10 amide bonds. The molecule has 5 aliphatic carbocycles. The molecule has 2 aromatic carbocycles. The van der Waals surface area contributed by atoms with E-state index in [0.717, 1.165) is 47.7 Å². The smallest absolute Gasteiger partial charge is 0.312 e. The van der Waals surface area contributed by atoms with Gasteiger partial charge in [-0.15, -0.1) is 0 Å². The van der Waals surface area contributed by atoms with Gasteiger partial charge in [-0.2, -0.15) is 8.42 Å². The molecule has 136 heavy (non-hydrogen) atoms. The van der Waals surface area contributed by atoms with Crippen LogP contribution in [0.4, 0.5) is 19.3 Å². The third-order valence-electron chi connectivity index (χ3n) is 25.8. The number of ether oxygens (including phenoxy) is 11. The lowest BCUT2D eigenvalue weighted by Crippen LogP contribution is -2.71. The highest BCUT2D eigenvalue weighted by Crippen LogP contribution is 2.72. The van der Waals surface area contributed by atoms with E-state index in [9.17, 15) is 61.5 Å². The number of carbonyl (C=O) groups is 11. The maximum absolute atomic E-state index is 18.3. The number of allylic oxidation sites excluding steroid dienone is 5. The van der Waals surface area contributed by atoms with Crippen LogP contribution in [0.3, 0.4) is 0 Å². The van der Waals surface area contributed by atoms with Crippen molar-refractivity contribution in [2.75, 3.05) is 162 Å². The number of nitrogens with two attached hydrogens (primary N) is 2. The van der Waals surface area contributed by atoms with Gasteiger partial charge in [-0.25, -0.2) is 13.6 Å². The van der Waals surface area contributed by atoms with E-state index in [1.54, 1.807) is 25.7 Å². The first-order chi connectivity index (χ1) is 65.2. The molecule has 1 saturated heterocycles. The summed E-state index contributed by atoms with van der Waals surface area (Å²) in [6.07, 6.45) is 2.00. The monoisotopic (exact) mass is 1930 g/mol. The summed E-state index contributed by atoms with van der Waals surface area (Å²) in [7, 11) is -4.16. The van der Waals surface area contributed by atoms with E-state index in [4.69, 9.17) is 68.1 Å². The van der Waals surface area contributed by atoms with Gasteiger partial charge in [0, 0.05) is 92.0 Å². The topological polar surface area (TPSA) is 527 Å². The highest BCUT2D eigenvalue weighted by Gasteiger charge is 2.80. The maximum Gasteiger partial charge on any atom is 0.312 e. The average Bonchev–Trinajstić information content (AvgIpc) is 1.49. The van der Waals surface area contributed by atoms with Crippen LogP contribution in [-0.4, -0.2) is 300 Å². The molecule has 2 aliphatic heterocycles. The number of alkyl halides is 2. The van der Waals surface area contributed by atoms with Crippen molar-refractivity contribution in [1.29, 1.82) is 0 Å². The Hall–Kier alpha value is -9.52. The van der Waals surface area contributed by atoms with Crippen LogP contribution < -0.4 is 64.2 Å². The number of Topliss-reactive ketones (excluding diaryl/α,β-unsaturated/α-hetero) is 1. The van der Waals surface area contributed by atoms with Crippen molar-refractivity contribution in [1.82, 2.24) is 47.9 Å². The van der Waals surface area contributed by atoms with Gasteiger partial charge in [0.1, 0.15) is 30.9 Å². The normalized spacial score (nSPS) is 24.4. The summed E-state index contributed by atoms with van der Waals surface area (Å²) < 4.78 is 129. The van der Waals surface area contributed by atoms with E-state index < -0.39 is 171 Å². The van der Waals surface area contributed by atoms with Gasteiger partial charge < -0.3 is 121 Å². The molecular weight excluding hydrogens is 1800 g/mol. The van der Waals surface area contributed by atoms with Crippen molar-refractivity contribution >= 4 is 80.7 Å². The Morgan fingerprint density at radius 2 is 1.23 bits per heavy atom. The number of hydrogen-bond donors (Lipinski definition) is 13. The number of urea groups is 1. The number of primary amides is 1. The molecule has 0 radical (unpaired) electrons. The van der Waals surface area contributed by atoms with Crippen molar-refractivity contribution in [3.05, 3.63) is 100 Å². The van der Waals surface area contributed by atoms with Crippen LogP contribution in [0.25, 0.3) is 0 Å². The number of aliphatic hydroxyl groups is 1. The minimum Gasteiger partial charge on any atom is -0.399 e. The lowest BCUT2D eigenvalue weighted by atomic mass is 9.44. The zero-order chi connectivity index (χ0) is 98.3. The van der Waals surface area contributed by atoms with E-state index >= 15 is 13.6 Å². The first-order valence-electron chi connectivity index (χ1n) is 47.5. The second-order valence-corrected chi connectivity index (χ2v) is 37.2. The van der Waals surface area contributed by atoms with Gasteiger partial charge >= 0.3 is 6.03 Å². The molecule has 2 unspecified atom stereocenters. The van der Waals surface area contributed by atoms with Crippen molar-refractivity contribution in [3.8, 4) is 11.8 Å². The van der Waals surface area contributed by atoms with Gasteiger partial charge in [0.15, 0.2) is 29.1 Å². The largest absolute Gasteiger partial charge is 0.399 e. The van der Waals surface area contributed by atoms with E-state index in [1.807, 2.05) is 55.5 Å².